The van der Waals surface area contributed by atoms with Crippen LogP contribution in [0.4, 0.5) is 0 Å². The average molecular weight is 422 g/mol. The Bertz CT molecular complexity index is 1390. The summed E-state index contributed by atoms with van der Waals surface area (Å²) < 4.78 is 8.53. The van der Waals surface area contributed by atoms with Crippen LogP contribution in [0.1, 0.15) is 29.7 Å². The van der Waals surface area contributed by atoms with E-state index in [0.29, 0.717) is 39.7 Å². The van der Waals surface area contributed by atoms with Gasteiger partial charge in [0.25, 0.3) is 5.56 Å². The highest BCUT2D eigenvalue weighted by molar-refractivity contribution is 6.30. The smallest absolute Gasteiger partial charge is 0.280 e. The normalized spacial score (nSPS) is 22.3. The van der Waals surface area contributed by atoms with Crippen LogP contribution in [-0.2, 0) is 13.6 Å². The van der Waals surface area contributed by atoms with Crippen LogP contribution in [0.3, 0.4) is 0 Å². The van der Waals surface area contributed by atoms with E-state index >= 15 is 0 Å². The molecule has 9 nitrogen and oxygen atoms in total. The van der Waals surface area contributed by atoms with Gasteiger partial charge in [0.1, 0.15) is 12.9 Å². The Morgan fingerprint density at radius 2 is 2.13 bits per heavy atom. The molecule has 0 aromatic carbocycles. The van der Waals surface area contributed by atoms with Crippen LogP contribution in [0.5, 0.6) is 0 Å². The number of hydrogen-bond donors (Lipinski definition) is 0. The summed E-state index contributed by atoms with van der Waals surface area (Å²) in [5, 5.41) is 4.85. The number of fused-ring (bicyclic) bond motifs is 2. The van der Waals surface area contributed by atoms with Gasteiger partial charge in [-0.15, -0.1) is 0 Å². The summed E-state index contributed by atoms with van der Waals surface area (Å²) in [6.07, 6.45) is 7.92. The lowest BCUT2D eigenvalue weighted by molar-refractivity contribution is 0.364. The van der Waals surface area contributed by atoms with Crippen molar-refractivity contribution in [1.29, 1.82) is 0 Å². The third kappa shape index (κ3) is 2.69. The molecule has 0 saturated heterocycles. The van der Waals surface area contributed by atoms with Crippen molar-refractivity contribution in [3.8, 4) is 0 Å². The number of halogens is 1. The second kappa shape index (κ2) is 6.33. The molecule has 10 heteroatoms. The highest BCUT2D eigenvalue weighted by Crippen LogP contribution is 2.62. The van der Waals surface area contributed by atoms with Crippen molar-refractivity contribution in [1.82, 2.24) is 34.2 Å². The molecule has 0 spiro atoms. The molecule has 30 heavy (non-hydrogen) atoms. The Morgan fingerprint density at radius 1 is 1.27 bits per heavy atom. The molecule has 4 heterocycles. The molecular formula is C20H16ClN7O2. The molecule has 0 radical (unpaired) electrons. The second-order valence-corrected chi connectivity index (χ2v) is 8.21. The first-order valence-corrected chi connectivity index (χ1v) is 9.98. The van der Waals surface area contributed by atoms with Gasteiger partial charge in [0.15, 0.2) is 17.0 Å². The lowest BCUT2D eigenvalue weighted by Gasteiger charge is -2.04. The molecule has 150 valence electrons. The number of rotatable bonds is 4. The van der Waals surface area contributed by atoms with Gasteiger partial charge >= 0.3 is 0 Å². The molecule has 0 aliphatic heterocycles. The minimum Gasteiger partial charge on any atom is -0.337 e. The molecule has 2 aliphatic carbocycles. The Labute approximate surface area is 175 Å². The summed E-state index contributed by atoms with van der Waals surface area (Å²) in [6, 6.07) is 3.67. The molecule has 0 N–H and O–H groups in total. The van der Waals surface area contributed by atoms with E-state index in [-0.39, 0.29) is 18.0 Å². The van der Waals surface area contributed by atoms with Crippen LogP contribution >= 0.6 is 11.6 Å². The molecule has 6 rings (SSSR count). The molecular weight excluding hydrogens is 406 g/mol. The van der Waals surface area contributed by atoms with Gasteiger partial charge in [0.05, 0.1) is 12.0 Å². The maximum atomic E-state index is 12.7. The number of aromatic nitrogens is 7. The lowest BCUT2D eigenvalue weighted by Crippen LogP contribution is -2.22. The Kier molecular flexibility index (Phi) is 3.70. The summed E-state index contributed by atoms with van der Waals surface area (Å²) in [5.41, 5.74) is 2.83. The van der Waals surface area contributed by atoms with Crippen molar-refractivity contribution in [2.45, 2.75) is 18.9 Å². The number of aryl methyl sites for hydroxylation is 1. The monoisotopic (exact) mass is 421 g/mol. The van der Waals surface area contributed by atoms with Crippen LogP contribution in [0.25, 0.3) is 16.7 Å². The van der Waals surface area contributed by atoms with Crippen LogP contribution in [0, 0.1) is 11.8 Å². The predicted molar refractivity (Wildman–Crippen MR) is 108 cm³/mol. The standard InChI is InChI=1S/C20H16ClN7O2/c1-27-8-23-19-17(27)20(29)28(9-24-19)7-15-25-18(26-30-15)16-12-4-10(5-13(12)16)14-6-11(21)2-3-22-14/h2-4,6,8-9,12-13,16H,5,7H2,1H3. The maximum Gasteiger partial charge on any atom is 0.280 e. The van der Waals surface area contributed by atoms with Crippen LogP contribution < -0.4 is 5.56 Å². The van der Waals surface area contributed by atoms with Gasteiger partial charge < -0.3 is 9.09 Å². The van der Waals surface area contributed by atoms with Crippen molar-refractivity contribution in [2.75, 3.05) is 0 Å². The van der Waals surface area contributed by atoms with E-state index in [4.69, 9.17) is 16.1 Å². The molecule has 0 bridgehead atoms. The molecule has 2 aliphatic rings. The highest BCUT2D eigenvalue weighted by atomic mass is 35.5. The van der Waals surface area contributed by atoms with E-state index in [1.165, 1.54) is 16.5 Å². The van der Waals surface area contributed by atoms with Crippen LogP contribution in [-0.4, -0.2) is 34.2 Å². The van der Waals surface area contributed by atoms with Gasteiger partial charge in [-0.1, -0.05) is 22.8 Å². The number of imidazole rings is 1. The molecule has 3 atom stereocenters. The summed E-state index contributed by atoms with van der Waals surface area (Å²) in [5.74, 6) is 2.18. The highest BCUT2D eigenvalue weighted by Gasteiger charge is 2.55. The fourth-order valence-electron chi connectivity index (χ4n) is 4.38. The summed E-state index contributed by atoms with van der Waals surface area (Å²) in [4.78, 5) is 29.9. The zero-order valence-corrected chi connectivity index (χ0v) is 16.7. The minimum absolute atomic E-state index is 0.176. The van der Waals surface area contributed by atoms with Crippen molar-refractivity contribution in [3.05, 3.63) is 69.8 Å². The fourth-order valence-corrected chi connectivity index (χ4v) is 4.54. The molecule has 1 saturated carbocycles. The van der Waals surface area contributed by atoms with E-state index in [9.17, 15) is 4.79 Å². The Hall–Kier alpha value is -3.33. The van der Waals surface area contributed by atoms with Crippen LogP contribution in [0.15, 0.2) is 46.4 Å². The first-order chi connectivity index (χ1) is 14.6. The number of hydrogen-bond acceptors (Lipinski definition) is 7. The molecule has 1 fully saturated rings. The lowest BCUT2D eigenvalue weighted by atomic mass is 10.1. The van der Waals surface area contributed by atoms with Gasteiger partial charge in [-0.05, 0) is 36.0 Å². The van der Waals surface area contributed by atoms with Crippen molar-refractivity contribution in [2.24, 2.45) is 18.9 Å². The number of allylic oxidation sites excluding steroid dienone is 2. The third-order valence-corrected chi connectivity index (χ3v) is 6.15. The zero-order chi connectivity index (χ0) is 20.4. The zero-order valence-electron chi connectivity index (χ0n) is 15.9. The van der Waals surface area contributed by atoms with E-state index < -0.39 is 0 Å². The fraction of sp³-hybridized carbons (Fsp3) is 0.300. The van der Waals surface area contributed by atoms with E-state index in [0.717, 1.165) is 12.1 Å². The van der Waals surface area contributed by atoms with Gasteiger partial charge in [0.2, 0.25) is 5.89 Å². The van der Waals surface area contributed by atoms with Crippen molar-refractivity contribution in [3.63, 3.8) is 0 Å². The summed E-state index contributed by atoms with van der Waals surface area (Å²) >= 11 is 6.08. The summed E-state index contributed by atoms with van der Waals surface area (Å²) in [6.45, 7) is 0.176. The average Bonchev–Trinajstić information content (AvgIpc) is 3.16. The van der Waals surface area contributed by atoms with Crippen LogP contribution in [0.2, 0.25) is 5.02 Å². The van der Waals surface area contributed by atoms with E-state index in [1.54, 1.807) is 30.2 Å². The SMILES string of the molecule is Cn1cnc2ncn(Cc3nc(C4C5C=C(c6cc(Cl)ccn6)CC54)no3)c(=O)c21. The minimum atomic E-state index is -0.190. The molecule has 4 aromatic rings. The molecule has 0 amide bonds. The van der Waals surface area contributed by atoms with Crippen molar-refractivity contribution >= 4 is 28.3 Å². The van der Waals surface area contributed by atoms with Gasteiger partial charge in [-0.3, -0.25) is 14.3 Å². The predicted octanol–water partition coefficient (Wildman–Crippen LogP) is 2.43. The van der Waals surface area contributed by atoms with E-state index in [1.807, 2.05) is 6.07 Å². The van der Waals surface area contributed by atoms with Gasteiger partial charge in [-0.25, -0.2) is 9.97 Å². The Morgan fingerprint density at radius 3 is 2.93 bits per heavy atom. The molecule has 4 aromatic heterocycles. The topological polar surface area (TPSA) is 105 Å². The quantitative estimate of drug-likeness (QED) is 0.498. The Balaban J connectivity index is 1.21. The largest absolute Gasteiger partial charge is 0.337 e. The molecule has 3 unspecified atom stereocenters. The first-order valence-electron chi connectivity index (χ1n) is 9.60. The maximum absolute atomic E-state index is 12.7. The second-order valence-electron chi connectivity index (χ2n) is 7.77. The third-order valence-electron chi connectivity index (χ3n) is 5.92. The van der Waals surface area contributed by atoms with Gasteiger partial charge in [-0.2, -0.15) is 4.98 Å². The van der Waals surface area contributed by atoms with E-state index in [2.05, 4.69) is 31.2 Å². The summed E-state index contributed by atoms with van der Waals surface area (Å²) in [7, 11) is 1.76. The first kappa shape index (κ1) is 17.5. The van der Waals surface area contributed by atoms with Gasteiger partial charge in [0, 0.05) is 24.2 Å². The number of pyridine rings is 1. The van der Waals surface area contributed by atoms with Crippen molar-refractivity contribution < 1.29 is 4.52 Å². The number of nitrogens with zero attached hydrogens (tertiary/aromatic N) is 7.